The summed E-state index contributed by atoms with van der Waals surface area (Å²) >= 11 is 0. The normalized spacial score (nSPS) is 9.50. The molecule has 6 nitrogen and oxygen atoms in total. The van der Waals surface area contributed by atoms with E-state index in [9.17, 15) is 14.9 Å². The second-order valence-electron chi connectivity index (χ2n) is 2.43. The van der Waals surface area contributed by atoms with E-state index in [2.05, 4.69) is 4.74 Å². The van der Waals surface area contributed by atoms with Crippen molar-refractivity contribution >= 4 is 11.7 Å². The SMILES string of the molecule is NCC(=O)Oc1cccc([N+](=O)[O-])c1. The maximum atomic E-state index is 10.7. The molecule has 0 fully saturated rings. The van der Waals surface area contributed by atoms with Crippen LogP contribution in [0.3, 0.4) is 0 Å². The molecule has 0 saturated carbocycles. The third-order valence-electron chi connectivity index (χ3n) is 1.43. The van der Waals surface area contributed by atoms with Crippen molar-refractivity contribution < 1.29 is 14.5 Å². The van der Waals surface area contributed by atoms with E-state index in [1.165, 1.54) is 18.2 Å². The molecule has 0 bridgehead atoms. The van der Waals surface area contributed by atoms with Crippen LogP contribution in [-0.4, -0.2) is 17.4 Å². The zero-order chi connectivity index (χ0) is 10.6. The van der Waals surface area contributed by atoms with Gasteiger partial charge in [-0.15, -0.1) is 0 Å². The highest BCUT2D eigenvalue weighted by atomic mass is 16.6. The Morgan fingerprint density at radius 2 is 2.29 bits per heavy atom. The Kier molecular flexibility index (Phi) is 3.14. The van der Waals surface area contributed by atoms with Crippen LogP contribution < -0.4 is 10.5 Å². The Morgan fingerprint density at radius 1 is 1.57 bits per heavy atom. The lowest BCUT2D eigenvalue weighted by molar-refractivity contribution is -0.384. The standard InChI is InChI=1S/C8H8N2O4/c9-5-8(11)14-7-3-1-2-6(4-7)10(12)13/h1-4H,5,9H2. The minimum atomic E-state index is -0.634. The molecule has 0 spiro atoms. The maximum Gasteiger partial charge on any atom is 0.325 e. The van der Waals surface area contributed by atoms with Crippen molar-refractivity contribution in [2.45, 2.75) is 0 Å². The number of esters is 1. The van der Waals surface area contributed by atoms with Crippen molar-refractivity contribution in [3.63, 3.8) is 0 Å². The number of rotatable bonds is 3. The summed E-state index contributed by atoms with van der Waals surface area (Å²) in [5.41, 5.74) is 4.88. The molecule has 6 heteroatoms. The van der Waals surface area contributed by atoms with Crippen molar-refractivity contribution in [3.8, 4) is 5.75 Å². The molecule has 1 aromatic rings. The summed E-state index contributed by atoms with van der Waals surface area (Å²) < 4.78 is 4.69. The second-order valence-corrected chi connectivity index (χ2v) is 2.43. The summed E-state index contributed by atoms with van der Waals surface area (Å²) in [5.74, 6) is -0.514. The first-order valence-electron chi connectivity index (χ1n) is 3.78. The molecule has 0 saturated heterocycles. The number of nitrogens with zero attached hydrogens (tertiary/aromatic N) is 1. The highest BCUT2D eigenvalue weighted by molar-refractivity contribution is 5.74. The van der Waals surface area contributed by atoms with E-state index in [-0.39, 0.29) is 18.0 Å². The van der Waals surface area contributed by atoms with Crippen molar-refractivity contribution in [1.29, 1.82) is 0 Å². The summed E-state index contributed by atoms with van der Waals surface area (Å²) in [5, 5.41) is 10.3. The van der Waals surface area contributed by atoms with Gasteiger partial charge in [0.25, 0.3) is 5.69 Å². The zero-order valence-electron chi connectivity index (χ0n) is 7.17. The van der Waals surface area contributed by atoms with Gasteiger partial charge in [-0.2, -0.15) is 0 Å². The Balaban J connectivity index is 2.83. The second kappa shape index (κ2) is 4.33. The van der Waals surface area contributed by atoms with Crippen molar-refractivity contribution in [1.82, 2.24) is 0 Å². The van der Waals surface area contributed by atoms with Crippen LogP contribution in [0, 0.1) is 10.1 Å². The minimum Gasteiger partial charge on any atom is -0.425 e. The Morgan fingerprint density at radius 3 is 2.86 bits per heavy atom. The molecule has 2 N–H and O–H groups in total. The molecule has 0 aliphatic carbocycles. The van der Waals surface area contributed by atoms with Gasteiger partial charge >= 0.3 is 5.97 Å². The van der Waals surface area contributed by atoms with Crippen LogP contribution in [-0.2, 0) is 4.79 Å². The molecule has 0 radical (unpaired) electrons. The van der Waals surface area contributed by atoms with E-state index in [1.54, 1.807) is 0 Å². The molecule has 0 aliphatic heterocycles. The fourth-order valence-corrected chi connectivity index (χ4v) is 0.834. The van der Waals surface area contributed by atoms with Crippen molar-refractivity contribution in [3.05, 3.63) is 34.4 Å². The molecular weight excluding hydrogens is 188 g/mol. The molecule has 0 atom stereocenters. The summed E-state index contributed by atoms with van der Waals surface area (Å²) in [6.07, 6.45) is 0. The van der Waals surface area contributed by atoms with Crippen LogP contribution >= 0.6 is 0 Å². The number of nitro groups is 1. The van der Waals surface area contributed by atoms with Gasteiger partial charge in [0.05, 0.1) is 17.5 Å². The predicted octanol–water partition coefficient (Wildman–Crippen LogP) is 0.459. The van der Waals surface area contributed by atoms with Gasteiger partial charge in [0, 0.05) is 6.07 Å². The number of hydrogen-bond donors (Lipinski definition) is 1. The smallest absolute Gasteiger partial charge is 0.325 e. The summed E-state index contributed by atoms with van der Waals surface area (Å²) in [6, 6.07) is 5.34. The minimum absolute atomic E-state index is 0.120. The lowest BCUT2D eigenvalue weighted by Gasteiger charge is -2.01. The fourth-order valence-electron chi connectivity index (χ4n) is 0.834. The highest BCUT2D eigenvalue weighted by Crippen LogP contribution is 2.18. The average molecular weight is 196 g/mol. The van der Waals surface area contributed by atoms with E-state index < -0.39 is 10.9 Å². The number of ether oxygens (including phenoxy) is 1. The number of non-ortho nitro benzene ring substituents is 1. The number of nitro benzene ring substituents is 1. The Labute approximate surface area is 79.4 Å². The van der Waals surface area contributed by atoms with E-state index in [4.69, 9.17) is 5.73 Å². The molecule has 0 unspecified atom stereocenters. The first kappa shape index (κ1) is 10.1. The first-order valence-corrected chi connectivity index (χ1v) is 3.78. The molecule has 0 aliphatic rings. The summed E-state index contributed by atoms with van der Waals surface area (Å²) in [7, 11) is 0. The molecule has 0 aromatic heterocycles. The van der Waals surface area contributed by atoms with Gasteiger partial charge in [0.15, 0.2) is 0 Å². The predicted molar refractivity (Wildman–Crippen MR) is 47.8 cm³/mol. The van der Waals surface area contributed by atoms with Crippen LogP contribution in [0.2, 0.25) is 0 Å². The first-order chi connectivity index (χ1) is 6.63. The zero-order valence-corrected chi connectivity index (χ0v) is 7.17. The molecule has 0 amide bonds. The Bertz CT molecular complexity index is 364. The lowest BCUT2D eigenvalue weighted by Crippen LogP contribution is -2.19. The monoisotopic (exact) mass is 196 g/mol. The number of nitrogens with two attached hydrogens (primary N) is 1. The van der Waals surface area contributed by atoms with Gasteiger partial charge in [-0.1, -0.05) is 6.07 Å². The topological polar surface area (TPSA) is 95.5 Å². The maximum absolute atomic E-state index is 10.7. The van der Waals surface area contributed by atoms with Gasteiger partial charge in [0.1, 0.15) is 5.75 Å². The van der Waals surface area contributed by atoms with Gasteiger partial charge in [-0.25, -0.2) is 0 Å². The lowest BCUT2D eigenvalue weighted by atomic mass is 10.3. The molecule has 1 rings (SSSR count). The van der Waals surface area contributed by atoms with Crippen molar-refractivity contribution in [2.75, 3.05) is 6.54 Å². The van der Waals surface area contributed by atoms with E-state index in [0.29, 0.717) is 0 Å². The molecule has 0 heterocycles. The van der Waals surface area contributed by atoms with Crippen LogP contribution in [0.5, 0.6) is 5.75 Å². The van der Waals surface area contributed by atoms with Gasteiger partial charge < -0.3 is 10.5 Å². The third kappa shape index (κ3) is 2.53. The van der Waals surface area contributed by atoms with E-state index >= 15 is 0 Å². The van der Waals surface area contributed by atoms with Crippen LogP contribution in [0.1, 0.15) is 0 Å². The van der Waals surface area contributed by atoms with E-state index in [0.717, 1.165) is 6.07 Å². The average Bonchev–Trinajstić information content (AvgIpc) is 2.18. The number of benzene rings is 1. The Hall–Kier alpha value is -1.95. The number of hydrogen-bond acceptors (Lipinski definition) is 5. The van der Waals surface area contributed by atoms with Crippen molar-refractivity contribution in [2.24, 2.45) is 5.73 Å². The molecule has 14 heavy (non-hydrogen) atoms. The largest absolute Gasteiger partial charge is 0.425 e. The highest BCUT2D eigenvalue weighted by Gasteiger charge is 2.08. The summed E-state index contributed by atoms with van der Waals surface area (Å²) in [4.78, 5) is 20.5. The van der Waals surface area contributed by atoms with Gasteiger partial charge in [-0.3, -0.25) is 14.9 Å². The van der Waals surface area contributed by atoms with Crippen LogP contribution in [0.15, 0.2) is 24.3 Å². The fraction of sp³-hybridized carbons (Fsp3) is 0.125. The number of carbonyl (C=O) groups is 1. The van der Waals surface area contributed by atoms with E-state index in [1.807, 2.05) is 0 Å². The van der Waals surface area contributed by atoms with Crippen LogP contribution in [0.25, 0.3) is 0 Å². The van der Waals surface area contributed by atoms with Gasteiger partial charge in [0.2, 0.25) is 0 Å². The van der Waals surface area contributed by atoms with Crippen LogP contribution in [0.4, 0.5) is 5.69 Å². The molecule has 74 valence electrons. The number of carbonyl (C=O) groups excluding carboxylic acids is 1. The molecule has 1 aromatic carbocycles. The summed E-state index contributed by atoms with van der Waals surface area (Å²) in [6.45, 7) is -0.261. The quantitative estimate of drug-likeness (QED) is 0.328. The van der Waals surface area contributed by atoms with Gasteiger partial charge in [-0.05, 0) is 6.07 Å². The third-order valence-corrected chi connectivity index (χ3v) is 1.43. The molecular formula is C8H8N2O4.